The van der Waals surface area contributed by atoms with Crippen LogP contribution in [0.3, 0.4) is 0 Å². The van der Waals surface area contributed by atoms with Crippen LogP contribution < -0.4 is 10.8 Å². The molecule has 0 aromatic heterocycles. The number of nitrogens with one attached hydrogen (secondary N) is 2. The second kappa shape index (κ2) is 5.11. The highest BCUT2D eigenvalue weighted by atomic mass is 16.5. The minimum absolute atomic E-state index is 0.0285. The van der Waals surface area contributed by atoms with E-state index in [-0.39, 0.29) is 5.91 Å². The maximum atomic E-state index is 11.0. The van der Waals surface area contributed by atoms with Crippen LogP contribution in [0.5, 0.6) is 0 Å². The number of carbonyl (C=O) groups is 1. The van der Waals surface area contributed by atoms with Crippen molar-refractivity contribution in [2.75, 3.05) is 6.54 Å². The van der Waals surface area contributed by atoms with E-state index in [2.05, 4.69) is 10.8 Å². The third-order valence-corrected chi connectivity index (χ3v) is 1.51. The van der Waals surface area contributed by atoms with E-state index in [1.807, 2.05) is 6.92 Å². The number of hydroxylamine groups is 1. The molecule has 0 aliphatic carbocycles. The van der Waals surface area contributed by atoms with Crippen LogP contribution in [0.2, 0.25) is 0 Å². The van der Waals surface area contributed by atoms with E-state index in [4.69, 9.17) is 5.21 Å². The summed E-state index contributed by atoms with van der Waals surface area (Å²) in [7, 11) is 0. The zero-order valence-corrected chi connectivity index (χ0v) is 7.98. The quantitative estimate of drug-likeness (QED) is 0.536. The van der Waals surface area contributed by atoms with Gasteiger partial charge in [-0.1, -0.05) is 6.92 Å². The van der Waals surface area contributed by atoms with Crippen molar-refractivity contribution in [2.45, 2.75) is 39.2 Å². The smallest absolute Gasteiger partial charge is 0.220 e. The predicted octanol–water partition coefficient (Wildman–Crippen LogP) is 0.660. The van der Waals surface area contributed by atoms with E-state index in [0.29, 0.717) is 13.0 Å². The van der Waals surface area contributed by atoms with Crippen LogP contribution in [0.25, 0.3) is 0 Å². The molecule has 0 unspecified atom stereocenters. The molecule has 0 saturated carbocycles. The molecule has 0 aromatic carbocycles. The van der Waals surface area contributed by atoms with Gasteiger partial charge in [-0.05, 0) is 20.3 Å². The first-order valence-corrected chi connectivity index (χ1v) is 4.20. The van der Waals surface area contributed by atoms with Crippen molar-refractivity contribution in [3.05, 3.63) is 0 Å². The summed E-state index contributed by atoms with van der Waals surface area (Å²) in [5.41, 5.74) is 1.67. The molecule has 0 saturated heterocycles. The number of carbonyl (C=O) groups excluding carboxylic acids is 1. The van der Waals surface area contributed by atoms with Crippen LogP contribution >= 0.6 is 0 Å². The van der Waals surface area contributed by atoms with Crippen molar-refractivity contribution in [3.8, 4) is 0 Å². The van der Waals surface area contributed by atoms with Crippen molar-refractivity contribution in [3.63, 3.8) is 0 Å². The Balaban J connectivity index is 3.60. The molecule has 0 radical (unpaired) electrons. The maximum absolute atomic E-state index is 11.0. The summed E-state index contributed by atoms with van der Waals surface area (Å²) in [5, 5.41) is 11.3. The van der Waals surface area contributed by atoms with Crippen LogP contribution in [-0.2, 0) is 4.79 Å². The maximum Gasteiger partial charge on any atom is 0.220 e. The monoisotopic (exact) mass is 174 g/mol. The molecule has 72 valence electrons. The van der Waals surface area contributed by atoms with E-state index in [1.54, 1.807) is 13.8 Å². The van der Waals surface area contributed by atoms with Crippen molar-refractivity contribution in [1.82, 2.24) is 10.8 Å². The van der Waals surface area contributed by atoms with Crippen LogP contribution in [0.4, 0.5) is 0 Å². The molecule has 1 amide bonds. The number of rotatable bonds is 5. The Bertz CT molecular complexity index is 146. The molecular formula is C8H18N2O2. The predicted molar refractivity (Wildman–Crippen MR) is 46.9 cm³/mol. The molecule has 0 aliphatic heterocycles. The van der Waals surface area contributed by atoms with E-state index in [1.165, 1.54) is 0 Å². The highest BCUT2D eigenvalue weighted by molar-refractivity contribution is 5.75. The average molecular weight is 174 g/mol. The Morgan fingerprint density at radius 1 is 1.50 bits per heavy atom. The summed E-state index contributed by atoms with van der Waals surface area (Å²) in [6.07, 6.45) is 1.39. The molecule has 0 heterocycles. The summed E-state index contributed by atoms with van der Waals surface area (Å²) in [6.45, 7) is 6.00. The van der Waals surface area contributed by atoms with Gasteiger partial charge in [-0.3, -0.25) is 4.79 Å². The van der Waals surface area contributed by atoms with E-state index >= 15 is 0 Å². The average Bonchev–Trinajstić information content (AvgIpc) is 2.02. The summed E-state index contributed by atoms with van der Waals surface area (Å²) in [5.74, 6) is 0.0285. The zero-order valence-electron chi connectivity index (χ0n) is 7.98. The molecule has 0 rings (SSSR count). The third kappa shape index (κ3) is 5.09. The molecule has 0 aromatic rings. The molecule has 0 fully saturated rings. The fourth-order valence-corrected chi connectivity index (χ4v) is 0.675. The number of amides is 1. The molecule has 4 nitrogen and oxygen atoms in total. The van der Waals surface area contributed by atoms with E-state index in [0.717, 1.165) is 6.42 Å². The SMILES string of the molecule is CCCC(=O)NCC(C)(C)NO. The minimum atomic E-state index is -0.455. The van der Waals surface area contributed by atoms with Crippen LogP contribution in [0.15, 0.2) is 0 Å². The molecule has 0 aliphatic rings. The fraction of sp³-hybridized carbons (Fsp3) is 0.875. The molecule has 4 heteroatoms. The first-order valence-electron chi connectivity index (χ1n) is 4.20. The van der Waals surface area contributed by atoms with Gasteiger partial charge in [0.25, 0.3) is 0 Å². The first-order chi connectivity index (χ1) is 5.52. The normalized spacial score (nSPS) is 11.3. The van der Waals surface area contributed by atoms with Crippen LogP contribution in [-0.4, -0.2) is 23.2 Å². The highest BCUT2D eigenvalue weighted by Gasteiger charge is 2.16. The zero-order chi connectivity index (χ0) is 9.61. The van der Waals surface area contributed by atoms with Gasteiger partial charge in [0.15, 0.2) is 0 Å². The van der Waals surface area contributed by atoms with Gasteiger partial charge < -0.3 is 10.5 Å². The number of hydrogen-bond donors (Lipinski definition) is 3. The Morgan fingerprint density at radius 2 is 2.08 bits per heavy atom. The first kappa shape index (κ1) is 11.4. The van der Waals surface area contributed by atoms with Crippen molar-refractivity contribution in [2.24, 2.45) is 0 Å². The second-order valence-electron chi connectivity index (χ2n) is 3.52. The Labute approximate surface area is 73.3 Å². The molecule has 0 spiro atoms. The summed E-state index contributed by atoms with van der Waals surface area (Å²) in [4.78, 5) is 11.0. The van der Waals surface area contributed by atoms with Gasteiger partial charge in [-0.25, -0.2) is 0 Å². The Morgan fingerprint density at radius 3 is 2.50 bits per heavy atom. The lowest BCUT2D eigenvalue weighted by atomic mass is 10.1. The van der Waals surface area contributed by atoms with E-state index in [9.17, 15) is 4.79 Å². The van der Waals surface area contributed by atoms with Crippen molar-refractivity contribution >= 4 is 5.91 Å². The summed E-state index contributed by atoms with van der Waals surface area (Å²) in [6, 6.07) is 0. The summed E-state index contributed by atoms with van der Waals surface area (Å²) >= 11 is 0. The van der Waals surface area contributed by atoms with Gasteiger partial charge in [0.05, 0.1) is 5.54 Å². The lowest BCUT2D eigenvalue weighted by Crippen LogP contribution is -2.47. The molecule has 12 heavy (non-hydrogen) atoms. The lowest BCUT2D eigenvalue weighted by Gasteiger charge is -2.22. The van der Waals surface area contributed by atoms with Gasteiger partial charge in [0.2, 0.25) is 5.91 Å². The Kier molecular flexibility index (Phi) is 4.85. The van der Waals surface area contributed by atoms with Gasteiger partial charge in [0.1, 0.15) is 0 Å². The molecule has 0 atom stereocenters. The third-order valence-electron chi connectivity index (χ3n) is 1.51. The van der Waals surface area contributed by atoms with Crippen molar-refractivity contribution < 1.29 is 10.0 Å². The Hall–Kier alpha value is -0.610. The molecule has 3 N–H and O–H groups in total. The van der Waals surface area contributed by atoms with Crippen LogP contribution in [0.1, 0.15) is 33.6 Å². The van der Waals surface area contributed by atoms with Crippen LogP contribution in [0, 0.1) is 0 Å². The van der Waals surface area contributed by atoms with Gasteiger partial charge in [-0.15, -0.1) is 0 Å². The lowest BCUT2D eigenvalue weighted by molar-refractivity contribution is -0.121. The van der Waals surface area contributed by atoms with Gasteiger partial charge in [0, 0.05) is 13.0 Å². The summed E-state index contributed by atoms with van der Waals surface area (Å²) < 4.78 is 0. The standard InChI is InChI=1S/C8H18N2O2/c1-4-5-7(11)9-6-8(2,3)10-12/h10,12H,4-6H2,1-3H3,(H,9,11). The van der Waals surface area contributed by atoms with Gasteiger partial charge in [-0.2, -0.15) is 5.48 Å². The highest BCUT2D eigenvalue weighted by Crippen LogP contribution is 1.97. The number of hydrogen-bond acceptors (Lipinski definition) is 3. The van der Waals surface area contributed by atoms with Gasteiger partial charge >= 0.3 is 0 Å². The topological polar surface area (TPSA) is 61.4 Å². The van der Waals surface area contributed by atoms with E-state index < -0.39 is 5.54 Å². The molecular weight excluding hydrogens is 156 g/mol. The minimum Gasteiger partial charge on any atom is -0.354 e. The second-order valence-corrected chi connectivity index (χ2v) is 3.52. The molecule has 0 bridgehead atoms. The van der Waals surface area contributed by atoms with Crippen molar-refractivity contribution in [1.29, 1.82) is 0 Å². The largest absolute Gasteiger partial charge is 0.354 e. The fourth-order valence-electron chi connectivity index (χ4n) is 0.675.